The Morgan fingerprint density at radius 2 is 2.05 bits per heavy atom. The highest BCUT2D eigenvalue weighted by Gasteiger charge is 2.16. The molecule has 0 aliphatic heterocycles. The predicted octanol–water partition coefficient (Wildman–Crippen LogP) is 5.31. The van der Waals surface area contributed by atoms with Crippen LogP contribution < -0.4 is 10.1 Å². The number of aryl methyl sites for hydroxylation is 1. The van der Waals surface area contributed by atoms with Crippen LogP contribution in [0.4, 0.5) is 0 Å². The number of nitrogens with one attached hydrogen (secondary N) is 1. The van der Waals surface area contributed by atoms with Gasteiger partial charge in [-0.3, -0.25) is 0 Å². The molecule has 2 nitrogen and oxygen atoms in total. The molecule has 1 atom stereocenters. The zero-order valence-electron chi connectivity index (χ0n) is 12.8. The summed E-state index contributed by atoms with van der Waals surface area (Å²) in [6, 6.07) is 11.0. The molecule has 1 heterocycles. The Balaban J connectivity index is 2.30. The van der Waals surface area contributed by atoms with Crippen LogP contribution in [-0.4, -0.2) is 13.2 Å². The van der Waals surface area contributed by atoms with Crippen molar-refractivity contribution >= 4 is 27.3 Å². The minimum Gasteiger partial charge on any atom is -0.493 e. The van der Waals surface area contributed by atoms with Gasteiger partial charge in [0.05, 0.1) is 17.1 Å². The highest BCUT2D eigenvalue weighted by molar-refractivity contribution is 9.10. The summed E-state index contributed by atoms with van der Waals surface area (Å²) in [6.07, 6.45) is 1.12. The van der Waals surface area contributed by atoms with Crippen LogP contribution in [0.1, 0.15) is 41.6 Å². The van der Waals surface area contributed by atoms with Crippen molar-refractivity contribution in [3.63, 3.8) is 0 Å². The molecule has 0 saturated carbocycles. The van der Waals surface area contributed by atoms with Gasteiger partial charge in [0.25, 0.3) is 0 Å². The third-order valence-electron chi connectivity index (χ3n) is 3.23. The van der Waals surface area contributed by atoms with E-state index in [9.17, 15) is 0 Å². The number of hydrogen-bond donors (Lipinski definition) is 1. The fourth-order valence-electron chi connectivity index (χ4n) is 2.25. The van der Waals surface area contributed by atoms with E-state index >= 15 is 0 Å². The predicted molar refractivity (Wildman–Crippen MR) is 94.5 cm³/mol. The number of hydrogen-bond acceptors (Lipinski definition) is 3. The monoisotopic (exact) mass is 367 g/mol. The van der Waals surface area contributed by atoms with Crippen LogP contribution in [0, 0.1) is 6.92 Å². The lowest BCUT2D eigenvalue weighted by Gasteiger charge is -2.19. The van der Waals surface area contributed by atoms with Gasteiger partial charge in [-0.15, -0.1) is 11.3 Å². The molecule has 0 amide bonds. The first-order valence-electron chi connectivity index (χ1n) is 7.37. The van der Waals surface area contributed by atoms with Crippen LogP contribution in [0.3, 0.4) is 0 Å². The fraction of sp³-hybridized carbons (Fsp3) is 0.412. The summed E-state index contributed by atoms with van der Waals surface area (Å²) in [5, 5.41) is 3.64. The van der Waals surface area contributed by atoms with Crippen molar-refractivity contribution < 1.29 is 4.74 Å². The first-order valence-corrected chi connectivity index (χ1v) is 8.98. The third kappa shape index (κ3) is 4.31. The molecule has 0 fully saturated rings. The summed E-state index contributed by atoms with van der Waals surface area (Å²) in [4.78, 5) is 2.70. The molecule has 114 valence electrons. The topological polar surface area (TPSA) is 21.3 Å². The van der Waals surface area contributed by atoms with Crippen LogP contribution in [0.25, 0.3) is 0 Å². The van der Waals surface area contributed by atoms with Crippen LogP contribution in [0.2, 0.25) is 0 Å². The standard InChI is InChI=1S/C17H22BrNOS/c1-4-10-19-17(16-9-6-12(3)21-16)13-7-8-15(20-5-2)14(18)11-13/h6-9,11,17,19H,4-5,10H2,1-3H3. The second-order valence-electron chi connectivity index (χ2n) is 4.96. The molecule has 21 heavy (non-hydrogen) atoms. The van der Waals surface area contributed by atoms with Gasteiger partial charge >= 0.3 is 0 Å². The molecule has 0 radical (unpaired) electrons. The van der Waals surface area contributed by atoms with Gasteiger partial charge in [0.1, 0.15) is 5.75 Å². The number of halogens is 1. The highest BCUT2D eigenvalue weighted by Crippen LogP contribution is 2.33. The van der Waals surface area contributed by atoms with Crippen molar-refractivity contribution in [2.75, 3.05) is 13.2 Å². The minimum atomic E-state index is 0.246. The highest BCUT2D eigenvalue weighted by atomic mass is 79.9. The van der Waals surface area contributed by atoms with Gasteiger partial charge in [-0.05, 0) is 72.6 Å². The van der Waals surface area contributed by atoms with Crippen LogP contribution in [-0.2, 0) is 0 Å². The van der Waals surface area contributed by atoms with E-state index in [1.165, 1.54) is 15.3 Å². The first-order chi connectivity index (χ1) is 10.2. The Labute approximate surface area is 139 Å². The molecule has 0 saturated heterocycles. The van der Waals surface area contributed by atoms with E-state index < -0.39 is 0 Å². The molecular weight excluding hydrogens is 346 g/mol. The van der Waals surface area contributed by atoms with Crippen molar-refractivity contribution in [3.8, 4) is 5.75 Å². The molecular formula is C17H22BrNOS. The number of benzene rings is 1. The van der Waals surface area contributed by atoms with Crippen LogP contribution >= 0.6 is 27.3 Å². The summed E-state index contributed by atoms with van der Waals surface area (Å²) in [7, 11) is 0. The normalized spacial score (nSPS) is 12.4. The zero-order valence-corrected chi connectivity index (χ0v) is 15.2. The molecule has 0 bridgehead atoms. The van der Waals surface area contributed by atoms with Crippen LogP contribution in [0.5, 0.6) is 5.75 Å². The molecule has 0 aliphatic rings. The molecule has 1 aromatic carbocycles. The Hall–Kier alpha value is -0.840. The summed E-state index contributed by atoms with van der Waals surface area (Å²) in [5.41, 5.74) is 1.26. The quantitative estimate of drug-likeness (QED) is 0.715. The van der Waals surface area contributed by atoms with E-state index in [1.54, 1.807) is 0 Å². The van der Waals surface area contributed by atoms with Crippen molar-refractivity contribution in [1.29, 1.82) is 0 Å². The van der Waals surface area contributed by atoms with Gasteiger partial charge in [0.2, 0.25) is 0 Å². The van der Waals surface area contributed by atoms with Gasteiger partial charge in [0, 0.05) is 9.75 Å². The third-order valence-corrected chi connectivity index (χ3v) is 4.92. The maximum absolute atomic E-state index is 5.60. The average molecular weight is 368 g/mol. The molecule has 2 aromatic rings. The lowest BCUT2D eigenvalue weighted by Crippen LogP contribution is -2.22. The maximum Gasteiger partial charge on any atom is 0.133 e. The van der Waals surface area contributed by atoms with E-state index in [2.05, 4.69) is 59.4 Å². The minimum absolute atomic E-state index is 0.246. The molecule has 0 aliphatic carbocycles. The second kappa shape index (κ2) is 7.97. The van der Waals surface area contributed by atoms with Gasteiger partial charge in [-0.2, -0.15) is 0 Å². The molecule has 1 N–H and O–H groups in total. The van der Waals surface area contributed by atoms with E-state index in [0.717, 1.165) is 23.2 Å². The summed E-state index contributed by atoms with van der Waals surface area (Å²) in [6.45, 7) is 8.03. The molecule has 2 rings (SSSR count). The average Bonchev–Trinajstić information content (AvgIpc) is 2.89. The smallest absolute Gasteiger partial charge is 0.133 e. The number of rotatable bonds is 7. The van der Waals surface area contributed by atoms with Crippen molar-refractivity contribution in [2.45, 2.75) is 33.2 Å². The Kier molecular flexibility index (Phi) is 6.27. The molecule has 0 spiro atoms. The van der Waals surface area contributed by atoms with Gasteiger partial charge in [-0.25, -0.2) is 0 Å². The van der Waals surface area contributed by atoms with E-state index in [4.69, 9.17) is 4.74 Å². The largest absolute Gasteiger partial charge is 0.493 e. The Morgan fingerprint density at radius 1 is 1.24 bits per heavy atom. The Bertz CT molecular complexity index is 582. The Morgan fingerprint density at radius 3 is 2.62 bits per heavy atom. The molecule has 1 unspecified atom stereocenters. The van der Waals surface area contributed by atoms with Crippen LogP contribution in [0.15, 0.2) is 34.8 Å². The second-order valence-corrected chi connectivity index (χ2v) is 7.13. The number of thiophene rings is 1. The lowest BCUT2D eigenvalue weighted by molar-refractivity contribution is 0.338. The fourth-order valence-corrected chi connectivity index (χ4v) is 3.74. The lowest BCUT2D eigenvalue weighted by atomic mass is 10.0. The van der Waals surface area contributed by atoms with Gasteiger partial charge in [0.15, 0.2) is 0 Å². The zero-order chi connectivity index (χ0) is 15.2. The summed E-state index contributed by atoms with van der Waals surface area (Å²) >= 11 is 5.47. The summed E-state index contributed by atoms with van der Waals surface area (Å²) < 4.78 is 6.61. The van der Waals surface area contributed by atoms with Crippen molar-refractivity contribution in [2.24, 2.45) is 0 Å². The number of ether oxygens (including phenoxy) is 1. The van der Waals surface area contributed by atoms with Crippen molar-refractivity contribution in [3.05, 3.63) is 50.1 Å². The SMILES string of the molecule is CCCNC(c1ccc(OCC)c(Br)c1)c1ccc(C)s1. The first kappa shape index (κ1) is 16.5. The van der Waals surface area contributed by atoms with Gasteiger partial charge in [-0.1, -0.05) is 13.0 Å². The maximum atomic E-state index is 5.60. The van der Waals surface area contributed by atoms with E-state index in [-0.39, 0.29) is 6.04 Å². The van der Waals surface area contributed by atoms with E-state index in [0.29, 0.717) is 6.61 Å². The van der Waals surface area contributed by atoms with Crippen molar-refractivity contribution in [1.82, 2.24) is 5.32 Å². The van der Waals surface area contributed by atoms with E-state index in [1.807, 2.05) is 24.3 Å². The summed E-state index contributed by atoms with van der Waals surface area (Å²) in [5.74, 6) is 0.901. The molecule has 1 aromatic heterocycles. The molecule has 4 heteroatoms. The van der Waals surface area contributed by atoms with Gasteiger partial charge < -0.3 is 10.1 Å².